The van der Waals surface area contributed by atoms with Crippen LogP contribution in [0.2, 0.25) is 0 Å². The molecule has 21 heavy (non-hydrogen) atoms. The molecular formula is C16H15NO3S. The molecule has 108 valence electrons. The molecule has 0 unspecified atom stereocenters. The highest BCUT2D eigenvalue weighted by atomic mass is 32.2. The first kappa shape index (κ1) is 13.9. The summed E-state index contributed by atoms with van der Waals surface area (Å²) in [6, 6.07) is 14.1. The van der Waals surface area contributed by atoms with Crippen LogP contribution in [0, 0.1) is 6.92 Å². The maximum Gasteiger partial charge on any atom is 0.317 e. The van der Waals surface area contributed by atoms with Crippen molar-refractivity contribution in [3.63, 3.8) is 0 Å². The number of nitrogens with zero attached hydrogens (tertiary/aromatic N) is 1. The van der Waals surface area contributed by atoms with Crippen LogP contribution in [0.1, 0.15) is 11.1 Å². The second-order valence-corrected chi connectivity index (χ2v) is 6.39. The van der Waals surface area contributed by atoms with Gasteiger partial charge in [0.05, 0.1) is 17.1 Å². The molecule has 0 aliphatic carbocycles. The molecule has 1 aliphatic heterocycles. The van der Waals surface area contributed by atoms with E-state index < -0.39 is 10.1 Å². The van der Waals surface area contributed by atoms with Gasteiger partial charge in [-0.15, -0.1) is 4.28 Å². The van der Waals surface area contributed by atoms with Crippen LogP contribution >= 0.6 is 0 Å². The highest BCUT2D eigenvalue weighted by Crippen LogP contribution is 2.27. The average Bonchev–Trinajstić information content (AvgIpc) is 2.48. The molecule has 2 aromatic carbocycles. The van der Waals surface area contributed by atoms with Crippen molar-refractivity contribution in [2.45, 2.75) is 11.8 Å². The fourth-order valence-corrected chi connectivity index (χ4v) is 3.10. The molecule has 5 heteroatoms. The molecule has 3 rings (SSSR count). The Balaban J connectivity index is 1.90. The number of hydrogen-bond donors (Lipinski definition) is 0. The highest BCUT2D eigenvalue weighted by Gasteiger charge is 2.22. The number of rotatable bonds is 3. The molecule has 0 bridgehead atoms. The Labute approximate surface area is 124 Å². The van der Waals surface area contributed by atoms with Crippen LogP contribution < -0.4 is 5.06 Å². The first-order valence-electron chi connectivity index (χ1n) is 6.61. The van der Waals surface area contributed by atoms with Gasteiger partial charge in [0, 0.05) is 0 Å². The Kier molecular flexibility index (Phi) is 3.53. The molecule has 0 saturated heterocycles. The van der Waals surface area contributed by atoms with Crippen LogP contribution in [0.25, 0.3) is 6.08 Å². The van der Waals surface area contributed by atoms with Crippen LogP contribution in [0.3, 0.4) is 0 Å². The van der Waals surface area contributed by atoms with E-state index in [1.807, 2.05) is 43.3 Å². The fraction of sp³-hybridized carbons (Fsp3) is 0.125. The molecule has 0 fully saturated rings. The summed E-state index contributed by atoms with van der Waals surface area (Å²) in [5, 5.41) is 1.39. The Morgan fingerprint density at radius 3 is 2.52 bits per heavy atom. The number of aryl methyl sites for hydroxylation is 1. The van der Waals surface area contributed by atoms with E-state index in [0.717, 1.165) is 16.8 Å². The third-order valence-corrected chi connectivity index (χ3v) is 4.50. The highest BCUT2D eigenvalue weighted by molar-refractivity contribution is 7.86. The van der Waals surface area contributed by atoms with Gasteiger partial charge in [-0.2, -0.15) is 8.42 Å². The fourth-order valence-electron chi connectivity index (χ4n) is 2.17. The predicted molar refractivity (Wildman–Crippen MR) is 82.3 cm³/mol. The lowest BCUT2D eigenvalue weighted by Gasteiger charge is -2.25. The molecule has 0 saturated carbocycles. The lowest BCUT2D eigenvalue weighted by Crippen LogP contribution is -2.29. The second-order valence-electron chi connectivity index (χ2n) is 4.86. The number of hydroxylamine groups is 1. The van der Waals surface area contributed by atoms with Crippen molar-refractivity contribution in [1.29, 1.82) is 0 Å². The van der Waals surface area contributed by atoms with Crippen molar-refractivity contribution in [2.24, 2.45) is 0 Å². The molecule has 0 amide bonds. The lowest BCUT2D eigenvalue weighted by atomic mass is 10.1. The zero-order valence-corrected chi connectivity index (χ0v) is 12.4. The summed E-state index contributed by atoms with van der Waals surface area (Å²) in [5.74, 6) is 0. The van der Waals surface area contributed by atoms with Gasteiger partial charge < -0.3 is 0 Å². The number of hydrogen-bond acceptors (Lipinski definition) is 4. The minimum Gasteiger partial charge on any atom is -0.232 e. The quantitative estimate of drug-likeness (QED) is 0.873. The zero-order chi connectivity index (χ0) is 14.9. The van der Waals surface area contributed by atoms with E-state index in [9.17, 15) is 8.42 Å². The van der Waals surface area contributed by atoms with Gasteiger partial charge in [0.1, 0.15) is 0 Å². The standard InChI is InChI=1S/C16H15NO3S/c1-13-8-10-15(11-9-13)21(18,19)20-17-12-4-6-14-5-2-3-7-16(14)17/h2-11H,12H2,1H3. The van der Waals surface area contributed by atoms with Crippen molar-refractivity contribution in [3.05, 3.63) is 65.7 Å². The maximum absolute atomic E-state index is 12.3. The first-order chi connectivity index (χ1) is 10.1. The van der Waals surface area contributed by atoms with Gasteiger partial charge >= 0.3 is 10.1 Å². The zero-order valence-electron chi connectivity index (χ0n) is 11.6. The van der Waals surface area contributed by atoms with Crippen molar-refractivity contribution >= 4 is 21.9 Å². The molecule has 4 nitrogen and oxygen atoms in total. The Bertz CT molecular complexity index is 779. The van der Waals surface area contributed by atoms with E-state index in [1.165, 1.54) is 5.06 Å². The molecule has 0 aromatic heterocycles. The third kappa shape index (κ3) is 2.84. The summed E-state index contributed by atoms with van der Waals surface area (Å²) in [6.45, 7) is 2.30. The van der Waals surface area contributed by atoms with Crippen LogP contribution in [-0.4, -0.2) is 15.0 Å². The molecule has 0 N–H and O–H groups in total. The maximum atomic E-state index is 12.3. The summed E-state index contributed by atoms with van der Waals surface area (Å²) < 4.78 is 30.0. The Morgan fingerprint density at radius 2 is 1.76 bits per heavy atom. The molecular weight excluding hydrogens is 286 g/mol. The van der Waals surface area contributed by atoms with Gasteiger partial charge in [0.15, 0.2) is 0 Å². The van der Waals surface area contributed by atoms with Gasteiger partial charge in [-0.1, -0.05) is 48.0 Å². The van der Waals surface area contributed by atoms with Crippen molar-refractivity contribution in [3.8, 4) is 0 Å². The van der Waals surface area contributed by atoms with Gasteiger partial charge in [-0.3, -0.25) is 0 Å². The molecule has 0 atom stereocenters. The summed E-state index contributed by atoms with van der Waals surface area (Å²) in [6.07, 6.45) is 3.82. The number of fused-ring (bicyclic) bond motifs is 1. The van der Waals surface area contributed by atoms with Crippen LogP contribution in [-0.2, 0) is 14.4 Å². The summed E-state index contributed by atoms with van der Waals surface area (Å²) >= 11 is 0. The van der Waals surface area contributed by atoms with E-state index in [1.54, 1.807) is 24.3 Å². The molecule has 1 aliphatic rings. The van der Waals surface area contributed by atoms with Crippen molar-refractivity contribution in [1.82, 2.24) is 0 Å². The van der Waals surface area contributed by atoms with Gasteiger partial charge in [0.25, 0.3) is 0 Å². The minimum atomic E-state index is -3.83. The van der Waals surface area contributed by atoms with Crippen LogP contribution in [0.4, 0.5) is 5.69 Å². The van der Waals surface area contributed by atoms with E-state index in [4.69, 9.17) is 4.28 Å². The number of para-hydroxylation sites is 1. The normalized spacial score (nSPS) is 14.0. The molecule has 2 aromatic rings. The minimum absolute atomic E-state index is 0.153. The van der Waals surface area contributed by atoms with Crippen LogP contribution in [0.15, 0.2) is 59.5 Å². The number of anilines is 1. The van der Waals surface area contributed by atoms with Crippen molar-refractivity contribution in [2.75, 3.05) is 11.6 Å². The largest absolute Gasteiger partial charge is 0.317 e. The van der Waals surface area contributed by atoms with E-state index >= 15 is 0 Å². The Morgan fingerprint density at radius 1 is 1.05 bits per heavy atom. The summed E-state index contributed by atoms with van der Waals surface area (Å²) in [5.41, 5.74) is 2.68. The third-order valence-electron chi connectivity index (χ3n) is 3.27. The van der Waals surface area contributed by atoms with Gasteiger partial charge in [-0.05, 0) is 30.7 Å². The lowest BCUT2D eigenvalue weighted by molar-refractivity contribution is 0.293. The van der Waals surface area contributed by atoms with E-state index in [2.05, 4.69) is 0 Å². The second kappa shape index (κ2) is 5.35. The SMILES string of the molecule is Cc1ccc(S(=O)(=O)ON2CC=Cc3ccccc32)cc1. The van der Waals surface area contributed by atoms with E-state index in [-0.39, 0.29) is 4.90 Å². The summed E-state index contributed by atoms with van der Waals surface area (Å²) in [7, 11) is -3.83. The first-order valence-corrected chi connectivity index (χ1v) is 8.01. The van der Waals surface area contributed by atoms with Gasteiger partial charge in [-0.25, -0.2) is 5.06 Å². The molecule has 1 heterocycles. The van der Waals surface area contributed by atoms with Crippen LogP contribution in [0.5, 0.6) is 0 Å². The predicted octanol–water partition coefficient (Wildman–Crippen LogP) is 3.15. The van der Waals surface area contributed by atoms with Gasteiger partial charge in [0.2, 0.25) is 0 Å². The monoisotopic (exact) mass is 301 g/mol. The smallest absolute Gasteiger partial charge is 0.232 e. The number of benzene rings is 2. The topological polar surface area (TPSA) is 46.6 Å². The van der Waals surface area contributed by atoms with Crippen molar-refractivity contribution < 1.29 is 12.7 Å². The molecule has 0 radical (unpaired) electrons. The Hall–Kier alpha value is -2.11. The summed E-state index contributed by atoms with van der Waals surface area (Å²) in [4.78, 5) is 0.153. The molecule has 0 spiro atoms. The van der Waals surface area contributed by atoms with E-state index in [0.29, 0.717) is 6.54 Å². The average molecular weight is 301 g/mol.